The Labute approximate surface area is 172 Å². The number of anilines is 1. The van der Waals surface area contributed by atoms with Crippen molar-refractivity contribution in [2.24, 2.45) is 0 Å². The number of hydrogen-bond acceptors (Lipinski definition) is 3. The number of benzene rings is 2. The second-order valence-corrected chi connectivity index (χ2v) is 7.43. The molecule has 2 N–H and O–H groups in total. The molecule has 0 radical (unpaired) electrons. The molecule has 0 saturated carbocycles. The molecule has 3 aromatic rings. The first kappa shape index (κ1) is 20.1. The molecule has 0 saturated heterocycles. The van der Waals surface area contributed by atoms with Gasteiger partial charge in [-0.25, -0.2) is 4.98 Å². The molecule has 6 nitrogen and oxygen atoms in total. The van der Waals surface area contributed by atoms with Gasteiger partial charge >= 0.3 is 0 Å². The highest BCUT2D eigenvalue weighted by Gasteiger charge is 2.14. The van der Waals surface area contributed by atoms with Crippen LogP contribution >= 0.6 is 15.9 Å². The minimum absolute atomic E-state index is 0.0394. The highest BCUT2D eigenvalue weighted by Crippen LogP contribution is 2.18. The Morgan fingerprint density at radius 2 is 1.93 bits per heavy atom. The molecule has 1 heterocycles. The summed E-state index contributed by atoms with van der Waals surface area (Å²) in [6.07, 6.45) is 1.90. The zero-order valence-electron chi connectivity index (χ0n) is 15.7. The first-order chi connectivity index (χ1) is 13.6. The van der Waals surface area contributed by atoms with Crippen molar-refractivity contribution in [3.05, 3.63) is 58.8 Å². The summed E-state index contributed by atoms with van der Waals surface area (Å²) in [6, 6.07) is 15.2. The lowest BCUT2D eigenvalue weighted by Crippen LogP contribution is -2.27. The van der Waals surface area contributed by atoms with E-state index in [0.717, 1.165) is 33.4 Å². The van der Waals surface area contributed by atoms with Crippen LogP contribution in [0.5, 0.6) is 0 Å². The summed E-state index contributed by atoms with van der Waals surface area (Å²) in [7, 11) is 0. The molecule has 28 heavy (non-hydrogen) atoms. The van der Waals surface area contributed by atoms with E-state index in [0.29, 0.717) is 19.4 Å². The molecule has 0 fully saturated rings. The maximum absolute atomic E-state index is 12.6. The van der Waals surface area contributed by atoms with Crippen molar-refractivity contribution in [1.29, 1.82) is 0 Å². The van der Waals surface area contributed by atoms with Crippen LogP contribution in [0.15, 0.2) is 53.0 Å². The number of nitrogens with zero attached hydrogens (tertiary/aromatic N) is 2. The molecule has 0 spiro atoms. The van der Waals surface area contributed by atoms with Crippen molar-refractivity contribution in [1.82, 2.24) is 14.9 Å². The van der Waals surface area contributed by atoms with Crippen LogP contribution in [0.1, 0.15) is 25.6 Å². The minimum Gasteiger partial charge on any atom is -0.356 e. The third-order valence-corrected chi connectivity index (χ3v) is 4.78. The van der Waals surface area contributed by atoms with Gasteiger partial charge in [-0.3, -0.25) is 9.59 Å². The highest BCUT2D eigenvalue weighted by molar-refractivity contribution is 9.10. The molecule has 2 aromatic carbocycles. The average Bonchev–Trinajstić information content (AvgIpc) is 2.99. The summed E-state index contributed by atoms with van der Waals surface area (Å²) >= 11 is 3.41. The zero-order valence-corrected chi connectivity index (χ0v) is 17.3. The Hall–Kier alpha value is -2.67. The molecule has 7 heteroatoms. The van der Waals surface area contributed by atoms with Gasteiger partial charge in [0.25, 0.3) is 0 Å². The van der Waals surface area contributed by atoms with Crippen molar-refractivity contribution in [2.75, 3.05) is 11.9 Å². The van der Waals surface area contributed by atoms with Gasteiger partial charge in [0.2, 0.25) is 11.8 Å². The number of carbonyl (C=O) groups excluding carboxylic acids is 2. The second kappa shape index (κ2) is 9.50. The lowest BCUT2D eigenvalue weighted by molar-refractivity contribution is -0.121. The molecular formula is C21H23BrN4O2. The Morgan fingerprint density at radius 1 is 1.11 bits per heavy atom. The van der Waals surface area contributed by atoms with Crippen molar-refractivity contribution in [3.63, 3.8) is 0 Å². The van der Waals surface area contributed by atoms with E-state index in [2.05, 4.69) is 31.5 Å². The van der Waals surface area contributed by atoms with E-state index in [9.17, 15) is 9.59 Å². The smallest absolute Gasteiger partial charge is 0.244 e. The largest absolute Gasteiger partial charge is 0.356 e. The molecule has 0 atom stereocenters. The molecule has 2 amide bonds. The molecule has 146 valence electrons. The predicted molar refractivity (Wildman–Crippen MR) is 114 cm³/mol. The molecule has 0 bridgehead atoms. The number of para-hydroxylation sites is 2. The molecule has 0 aliphatic rings. The summed E-state index contributed by atoms with van der Waals surface area (Å²) < 4.78 is 2.82. The first-order valence-electron chi connectivity index (χ1n) is 9.33. The number of halogens is 1. The normalized spacial score (nSPS) is 10.8. The molecule has 3 rings (SSSR count). The molecule has 0 aliphatic heterocycles. The van der Waals surface area contributed by atoms with Crippen LogP contribution in [-0.2, 0) is 22.6 Å². The number of imidazole rings is 1. The highest BCUT2D eigenvalue weighted by atomic mass is 79.9. The van der Waals surface area contributed by atoms with Gasteiger partial charge in [-0.2, -0.15) is 0 Å². The van der Waals surface area contributed by atoms with Crippen LogP contribution in [0.25, 0.3) is 11.0 Å². The lowest BCUT2D eigenvalue weighted by atomic mass is 10.3. The van der Waals surface area contributed by atoms with E-state index in [1.54, 1.807) is 0 Å². The van der Waals surface area contributed by atoms with E-state index in [-0.39, 0.29) is 18.4 Å². The Kier molecular flexibility index (Phi) is 6.81. The van der Waals surface area contributed by atoms with E-state index < -0.39 is 0 Å². The van der Waals surface area contributed by atoms with E-state index >= 15 is 0 Å². The van der Waals surface area contributed by atoms with Crippen LogP contribution < -0.4 is 10.6 Å². The number of hydrogen-bond donors (Lipinski definition) is 2. The van der Waals surface area contributed by atoms with Gasteiger partial charge in [-0.1, -0.05) is 41.1 Å². The van der Waals surface area contributed by atoms with Gasteiger partial charge in [-0.15, -0.1) is 0 Å². The van der Waals surface area contributed by atoms with Gasteiger partial charge < -0.3 is 15.2 Å². The molecular weight excluding hydrogens is 420 g/mol. The van der Waals surface area contributed by atoms with Gasteiger partial charge in [0.05, 0.1) is 11.0 Å². The number of aromatic nitrogens is 2. The third kappa shape index (κ3) is 5.19. The van der Waals surface area contributed by atoms with Gasteiger partial charge in [0.1, 0.15) is 12.4 Å². The maximum Gasteiger partial charge on any atom is 0.244 e. The topological polar surface area (TPSA) is 76.0 Å². The van der Waals surface area contributed by atoms with E-state index in [1.165, 1.54) is 0 Å². The van der Waals surface area contributed by atoms with Crippen molar-refractivity contribution in [2.45, 2.75) is 32.7 Å². The number of fused-ring (bicyclic) bond motifs is 1. The Balaban J connectivity index is 1.74. The number of nitrogens with one attached hydrogen (secondary N) is 2. The summed E-state index contributed by atoms with van der Waals surface area (Å²) in [6.45, 7) is 2.63. The number of rotatable bonds is 8. The standard InChI is InChI=1S/C21H23BrN4O2/c1-2-6-20(27)23-12-11-19-25-17-9-3-4-10-18(17)26(19)14-21(28)24-16-8-5-7-15(22)13-16/h3-5,7-10,13H,2,6,11-12,14H2,1H3,(H,23,27)(H,24,28). The number of carbonyl (C=O) groups is 2. The van der Waals surface area contributed by atoms with E-state index in [4.69, 9.17) is 0 Å². The summed E-state index contributed by atoms with van der Waals surface area (Å²) in [4.78, 5) is 29.0. The summed E-state index contributed by atoms with van der Waals surface area (Å²) in [5.74, 6) is 0.692. The first-order valence-corrected chi connectivity index (χ1v) is 10.1. The fourth-order valence-corrected chi connectivity index (χ4v) is 3.43. The Morgan fingerprint density at radius 3 is 2.71 bits per heavy atom. The molecule has 0 aliphatic carbocycles. The maximum atomic E-state index is 12.6. The van der Waals surface area contributed by atoms with Crippen LogP contribution in [0.4, 0.5) is 5.69 Å². The fourth-order valence-electron chi connectivity index (χ4n) is 3.03. The lowest BCUT2D eigenvalue weighted by Gasteiger charge is -2.11. The van der Waals surface area contributed by atoms with Crippen LogP contribution in [0.3, 0.4) is 0 Å². The second-order valence-electron chi connectivity index (χ2n) is 6.51. The van der Waals surface area contributed by atoms with Gasteiger partial charge in [0, 0.05) is 29.5 Å². The SMILES string of the molecule is CCCC(=O)NCCc1nc2ccccc2n1CC(=O)Nc1cccc(Br)c1. The van der Waals surface area contributed by atoms with E-state index in [1.807, 2.05) is 60.0 Å². The fraction of sp³-hybridized carbons (Fsp3) is 0.286. The monoisotopic (exact) mass is 442 g/mol. The van der Waals surface area contributed by atoms with Crippen LogP contribution in [0, 0.1) is 0 Å². The molecule has 0 unspecified atom stereocenters. The summed E-state index contributed by atoms with van der Waals surface area (Å²) in [5, 5.41) is 5.82. The quantitative estimate of drug-likeness (QED) is 0.555. The average molecular weight is 443 g/mol. The minimum atomic E-state index is -0.127. The van der Waals surface area contributed by atoms with Gasteiger partial charge in [-0.05, 0) is 36.8 Å². The number of amides is 2. The van der Waals surface area contributed by atoms with Crippen molar-refractivity contribution >= 4 is 44.5 Å². The van der Waals surface area contributed by atoms with Crippen LogP contribution in [0.2, 0.25) is 0 Å². The predicted octanol–water partition coefficient (Wildman–Crippen LogP) is 3.90. The van der Waals surface area contributed by atoms with Crippen LogP contribution in [-0.4, -0.2) is 27.9 Å². The van der Waals surface area contributed by atoms with Gasteiger partial charge in [0.15, 0.2) is 0 Å². The summed E-state index contributed by atoms with van der Waals surface area (Å²) in [5.41, 5.74) is 2.48. The zero-order chi connectivity index (χ0) is 19.9. The Bertz CT molecular complexity index is 983. The third-order valence-electron chi connectivity index (χ3n) is 4.29. The van der Waals surface area contributed by atoms with Crippen molar-refractivity contribution in [3.8, 4) is 0 Å². The molecule has 1 aromatic heterocycles. The van der Waals surface area contributed by atoms with Crippen molar-refractivity contribution < 1.29 is 9.59 Å².